The number of hydrogen-bond acceptors (Lipinski definition) is 4. The van der Waals surface area contributed by atoms with E-state index in [-0.39, 0.29) is 0 Å². The fraction of sp³-hybridized carbons (Fsp3) is 0.308. The summed E-state index contributed by atoms with van der Waals surface area (Å²) < 4.78 is 0. The summed E-state index contributed by atoms with van der Waals surface area (Å²) in [6.45, 7) is 4.59. The molecule has 0 radical (unpaired) electrons. The fourth-order valence-corrected chi connectivity index (χ4v) is 1.80. The van der Waals surface area contributed by atoms with Gasteiger partial charge in [0, 0.05) is 18.9 Å². The molecule has 0 spiro atoms. The van der Waals surface area contributed by atoms with Gasteiger partial charge in [-0.2, -0.15) is 0 Å². The van der Waals surface area contributed by atoms with Gasteiger partial charge in [-0.05, 0) is 38.0 Å². The van der Waals surface area contributed by atoms with Crippen LogP contribution in [0.5, 0.6) is 0 Å². The van der Waals surface area contributed by atoms with Gasteiger partial charge in [0.2, 0.25) is 0 Å². The highest BCUT2D eigenvalue weighted by molar-refractivity contribution is 6.31. The van der Waals surface area contributed by atoms with Crippen LogP contribution in [0.4, 0.5) is 5.82 Å². The van der Waals surface area contributed by atoms with E-state index in [4.69, 9.17) is 11.6 Å². The van der Waals surface area contributed by atoms with Crippen molar-refractivity contribution >= 4 is 17.4 Å². The van der Waals surface area contributed by atoms with Crippen LogP contribution in [0.15, 0.2) is 24.5 Å². The molecule has 1 N–H and O–H groups in total. The van der Waals surface area contributed by atoms with Crippen molar-refractivity contribution in [1.29, 1.82) is 0 Å². The van der Waals surface area contributed by atoms with Gasteiger partial charge >= 0.3 is 0 Å². The summed E-state index contributed by atoms with van der Waals surface area (Å²) in [5, 5.41) is 3.63. The summed E-state index contributed by atoms with van der Waals surface area (Å²) >= 11 is 6.04. The largest absolute Gasteiger partial charge is 0.367 e. The molecule has 0 saturated heterocycles. The van der Waals surface area contributed by atoms with E-state index < -0.39 is 0 Å². The number of halogens is 1. The second-order valence-electron chi connectivity index (χ2n) is 4.07. The molecule has 2 aromatic heterocycles. The minimum absolute atomic E-state index is 0.424. The molecule has 0 unspecified atom stereocenters. The lowest BCUT2D eigenvalue weighted by Crippen LogP contribution is -2.09. The molecule has 0 aromatic carbocycles. The maximum atomic E-state index is 6.04. The average Bonchev–Trinajstić information content (AvgIpc) is 2.37. The molecule has 5 heteroatoms. The van der Waals surface area contributed by atoms with Gasteiger partial charge in [-0.25, -0.2) is 9.97 Å². The highest BCUT2D eigenvalue weighted by atomic mass is 35.5. The molecule has 0 aliphatic heterocycles. The number of nitrogens with zero attached hydrogens (tertiary/aromatic N) is 3. The Morgan fingerprint density at radius 1 is 1.11 bits per heavy atom. The summed E-state index contributed by atoms with van der Waals surface area (Å²) in [7, 11) is 0. The van der Waals surface area contributed by atoms with Crippen molar-refractivity contribution in [3.63, 3.8) is 0 Å². The van der Waals surface area contributed by atoms with Crippen LogP contribution in [0, 0.1) is 13.8 Å². The maximum absolute atomic E-state index is 6.04. The van der Waals surface area contributed by atoms with E-state index in [1.165, 1.54) is 5.56 Å². The Labute approximate surface area is 111 Å². The minimum Gasteiger partial charge on any atom is -0.367 e. The number of rotatable bonds is 4. The van der Waals surface area contributed by atoms with Gasteiger partial charge in [0.15, 0.2) is 11.0 Å². The van der Waals surface area contributed by atoms with Crippen LogP contribution in [0.25, 0.3) is 0 Å². The van der Waals surface area contributed by atoms with E-state index in [9.17, 15) is 0 Å². The third kappa shape index (κ3) is 3.17. The smallest absolute Gasteiger partial charge is 0.171 e. The molecule has 0 atom stereocenters. The number of aryl methyl sites for hydroxylation is 2. The zero-order valence-corrected chi connectivity index (χ0v) is 11.2. The molecule has 2 aromatic rings. The van der Waals surface area contributed by atoms with Crippen LogP contribution in [0.1, 0.15) is 17.0 Å². The summed E-state index contributed by atoms with van der Waals surface area (Å²) in [6.07, 6.45) is 4.48. The first kappa shape index (κ1) is 12.8. The molecule has 18 heavy (non-hydrogen) atoms. The van der Waals surface area contributed by atoms with Crippen LogP contribution < -0.4 is 5.32 Å². The highest BCUT2D eigenvalue weighted by Crippen LogP contribution is 2.18. The summed E-state index contributed by atoms with van der Waals surface area (Å²) in [5.41, 5.74) is 2.98. The lowest BCUT2D eigenvalue weighted by Gasteiger charge is -2.09. The van der Waals surface area contributed by atoms with Gasteiger partial charge in [-0.3, -0.25) is 4.98 Å². The number of nitrogens with one attached hydrogen (secondary N) is 1. The molecule has 94 valence electrons. The fourth-order valence-electron chi connectivity index (χ4n) is 1.56. The van der Waals surface area contributed by atoms with Crippen molar-refractivity contribution in [2.24, 2.45) is 0 Å². The Balaban J connectivity index is 1.97. The third-order valence-corrected chi connectivity index (χ3v) is 2.98. The van der Waals surface area contributed by atoms with Crippen molar-refractivity contribution in [1.82, 2.24) is 15.0 Å². The first-order valence-electron chi connectivity index (χ1n) is 5.80. The summed E-state index contributed by atoms with van der Waals surface area (Å²) in [4.78, 5) is 12.6. The molecule has 0 amide bonds. The van der Waals surface area contributed by atoms with Gasteiger partial charge in [-0.15, -0.1) is 0 Å². The lowest BCUT2D eigenvalue weighted by atomic mass is 10.2. The number of anilines is 1. The van der Waals surface area contributed by atoms with E-state index in [1.54, 1.807) is 12.4 Å². The Hall–Kier alpha value is -1.68. The molecule has 0 aliphatic rings. The Morgan fingerprint density at radius 2 is 1.78 bits per heavy atom. The molecule has 2 heterocycles. The zero-order valence-electron chi connectivity index (χ0n) is 10.4. The first-order chi connectivity index (χ1) is 8.66. The van der Waals surface area contributed by atoms with Gasteiger partial charge < -0.3 is 5.32 Å². The Morgan fingerprint density at radius 3 is 2.50 bits per heavy atom. The number of aromatic nitrogens is 3. The Kier molecular flexibility index (Phi) is 4.10. The number of pyridine rings is 1. The van der Waals surface area contributed by atoms with Gasteiger partial charge in [0.1, 0.15) is 0 Å². The normalized spacial score (nSPS) is 10.4. The molecule has 0 saturated carbocycles. The first-order valence-corrected chi connectivity index (χ1v) is 6.18. The monoisotopic (exact) mass is 262 g/mol. The Bertz CT molecular complexity index is 528. The minimum atomic E-state index is 0.424. The highest BCUT2D eigenvalue weighted by Gasteiger charge is 2.06. The maximum Gasteiger partial charge on any atom is 0.171 e. The van der Waals surface area contributed by atoms with E-state index >= 15 is 0 Å². The predicted octanol–water partition coefficient (Wildman–Crippen LogP) is 2.80. The number of hydrogen-bond donors (Lipinski definition) is 1. The SMILES string of the molecule is Cc1nc(Cl)c(NCCc2ccncc2)nc1C. The van der Waals surface area contributed by atoms with E-state index in [0.717, 1.165) is 24.4 Å². The average molecular weight is 263 g/mol. The summed E-state index contributed by atoms with van der Waals surface area (Å²) in [5.74, 6) is 0.647. The molecule has 4 nitrogen and oxygen atoms in total. The zero-order chi connectivity index (χ0) is 13.0. The van der Waals surface area contributed by atoms with Crippen LogP contribution >= 0.6 is 11.6 Å². The van der Waals surface area contributed by atoms with Crippen molar-refractivity contribution in [3.05, 3.63) is 46.6 Å². The molecule has 0 fully saturated rings. The van der Waals surface area contributed by atoms with Gasteiger partial charge in [0.05, 0.1) is 11.4 Å². The molecular formula is C13H15ClN4. The standard InChI is InChI=1S/C13H15ClN4/c1-9-10(2)18-13(12(14)17-9)16-8-5-11-3-6-15-7-4-11/h3-4,6-7H,5,8H2,1-2H3,(H,16,18). The molecular weight excluding hydrogens is 248 g/mol. The quantitative estimate of drug-likeness (QED) is 0.921. The van der Waals surface area contributed by atoms with Crippen LogP contribution in [0.2, 0.25) is 5.15 Å². The van der Waals surface area contributed by atoms with Crippen LogP contribution in [-0.2, 0) is 6.42 Å². The topological polar surface area (TPSA) is 50.7 Å². The predicted molar refractivity (Wildman–Crippen MR) is 72.9 cm³/mol. The third-order valence-electron chi connectivity index (χ3n) is 2.72. The van der Waals surface area contributed by atoms with Crippen LogP contribution in [-0.4, -0.2) is 21.5 Å². The molecule has 2 rings (SSSR count). The van der Waals surface area contributed by atoms with E-state index in [0.29, 0.717) is 11.0 Å². The summed E-state index contributed by atoms with van der Waals surface area (Å²) in [6, 6.07) is 3.99. The van der Waals surface area contributed by atoms with Crippen molar-refractivity contribution in [3.8, 4) is 0 Å². The van der Waals surface area contributed by atoms with E-state index in [1.807, 2.05) is 26.0 Å². The second-order valence-corrected chi connectivity index (χ2v) is 4.42. The molecule has 0 bridgehead atoms. The molecule has 0 aliphatic carbocycles. The van der Waals surface area contributed by atoms with E-state index in [2.05, 4.69) is 20.3 Å². The van der Waals surface area contributed by atoms with Crippen molar-refractivity contribution in [2.75, 3.05) is 11.9 Å². The second kappa shape index (κ2) is 5.78. The van der Waals surface area contributed by atoms with Crippen LogP contribution in [0.3, 0.4) is 0 Å². The van der Waals surface area contributed by atoms with Gasteiger partial charge in [0.25, 0.3) is 0 Å². The van der Waals surface area contributed by atoms with Crippen molar-refractivity contribution < 1.29 is 0 Å². The lowest BCUT2D eigenvalue weighted by molar-refractivity contribution is 0.974. The van der Waals surface area contributed by atoms with Crippen molar-refractivity contribution in [2.45, 2.75) is 20.3 Å². The van der Waals surface area contributed by atoms with Gasteiger partial charge in [-0.1, -0.05) is 11.6 Å².